The Labute approximate surface area is 140 Å². The highest BCUT2D eigenvalue weighted by Gasteiger charge is 2.39. The fourth-order valence-corrected chi connectivity index (χ4v) is 3.11. The number of hydrogen-bond acceptors (Lipinski definition) is 4. The number of amides is 1. The van der Waals surface area contributed by atoms with Gasteiger partial charge in [-0.25, -0.2) is 4.79 Å². The topological polar surface area (TPSA) is 59.5 Å². The first-order chi connectivity index (χ1) is 11.7. The van der Waals surface area contributed by atoms with Crippen molar-refractivity contribution in [3.63, 3.8) is 0 Å². The van der Waals surface area contributed by atoms with Crippen LogP contribution in [-0.4, -0.2) is 33.9 Å². The number of pyridine rings is 1. The Balaban J connectivity index is 1.54. The second kappa shape index (κ2) is 6.07. The van der Waals surface area contributed by atoms with Crippen LogP contribution in [0.2, 0.25) is 0 Å². The van der Waals surface area contributed by atoms with Crippen LogP contribution in [-0.2, 0) is 22.5 Å². The number of carbonyl (C=O) groups excluding carboxylic acids is 2. The van der Waals surface area contributed by atoms with Gasteiger partial charge < -0.3 is 9.64 Å². The molecule has 4 rings (SSSR count). The summed E-state index contributed by atoms with van der Waals surface area (Å²) >= 11 is 0. The largest absolute Gasteiger partial charge is 0.448 e. The van der Waals surface area contributed by atoms with E-state index >= 15 is 0 Å². The minimum Gasteiger partial charge on any atom is -0.448 e. The van der Waals surface area contributed by atoms with E-state index in [4.69, 9.17) is 4.74 Å². The van der Waals surface area contributed by atoms with Gasteiger partial charge in [-0.15, -0.1) is 0 Å². The average Bonchev–Trinajstić information content (AvgIpc) is 3.45. The second-order valence-electron chi connectivity index (χ2n) is 6.31. The number of hydrogen-bond donors (Lipinski definition) is 0. The van der Waals surface area contributed by atoms with Gasteiger partial charge >= 0.3 is 5.97 Å². The third kappa shape index (κ3) is 2.89. The predicted octanol–water partition coefficient (Wildman–Crippen LogP) is 2.35. The first-order valence-corrected chi connectivity index (χ1v) is 8.20. The van der Waals surface area contributed by atoms with Crippen LogP contribution >= 0.6 is 0 Å². The number of fused-ring (bicyclic) bond motifs is 1. The zero-order valence-electron chi connectivity index (χ0n) is 13.2. The summed E-state index contributed by atoms with van der Waals surface area (Å²) < 4.78 is 5.43. The molecule has 1 unspecified atom stereocenters. The molecule has 2 aliphatic rings. The summed E-state index contributed by atoms with van der Waals surface area (Å²) in [5.41, 5.74) is 2.48. The molecule has 122 valence electrons. The summed E-state index contributed by atoms with van der Waals surface area (Å²) in [4.78, 5) is 31.0. The standard InChI is InChI=1S/C19H18N2O3/c22-18(17-11-14-3-1-2-4-16(14)19(23)24-17)21(15-5-6-15)12-13-7-9-20-10-8-13/h1-4,7-10,15,17H,5-6,11-12H2. The van der Waals surface area contributed by atoms with Gasteiger partial charge in [0.1, 0.15) is 0 Å². The maximum atomic E-state index is 13.0. The molecular formula is C19H18N2O3. The second-order valence-corrected chi connectivity index (χ2v) is 6.31. The number of ether oxygens (including phenoxy) is 1. The summed E-state index contributed by atoms with van der Waals surface area (Å²) in [7, 11) is 0. The van der Waals surface area contributed by atoms with Gasteiger partial charge in [-0.1, -0.05) is 18.2 Å². The average molecular weight is 322 g/mol. The van der Waals surface area contributed by atoms with E-state index in [1.165, 1.54) is 0 Å². The van der Waals surface area contributed by atoms with Gasteiger partial charge in [0.05, 0.1) is 5.56 Å². The van der Waals surface area contributed by atoms with E-state index < -0.39 is 12.1 Å². The minimum atomic E-state index is -0.727. The minimum absolute atomic E-state index is 0.0998. The molecule has 0 saturated heterocycles. The molecule has 5 nitrogen and oxygen atoms in total. The number of aromatic nitrogens is 1. The van der Waals surface area contributed by atoms with E-state index in [1.54, 1.807) is 18.5 Å². The van der Waals surface area contributed by atoms with Gasteiger partial charge in [-0.3, -0.25) is 9.78 Å². The van der Waals surface area contributed by atoms with Crippen LogP contribution in [0.3, 0.4) is 0 Å². The molecule has 1 fully saturated rings. The number of cyclic esters (lactones) is 1. The first kappa shape index (κ1) is 14.9. The molecule has 1 aromatic heterocycles. The van der Waals surface area contributed by atoms with Crippen LogP contribution in [0.25, 0.3) is 0 Å². The fraction of sp³-hybridized carbons (Fsp3) is 0.316. The molecule has 1 saturated carbocycles. The molecule has 24 heavy (non-hydrogen) atoms. The van der Waals surface area contributed by atoms with Crippen molar-refractivity contribution in [1.82, 2.24) is 9.88 Å². The molecule has 1 aliphatic carbocycles. The molecule has 1 amide bonds. The molecule has 5 heteroatoms. The Kier molecular flexibility index (Phi) is 3.76. The first-order valence-electron chi connectivity index (χ1n) is 8.20. The van der Waals surface area contributed by atoms with Gasteiger partial charge in [0, 0.05) is 31.4 Å². The van der Waals surface area contributed by atoms with E-state index in [0.717, 1.165) is 24.0 Å². The van der Waals surface area contributed by atoms with Crippen LogP contribution < -0.4 is 0 Å². The molecule has 2 aromatic rings. The Morgan fingerprint density at radius 3 is 2.67 bits per heavy atom. The predicted molar refractivity (Wildman–Crippen MR) is 87.2 cm³/mol. The van der Waals surface area contributed by atoms with Crippen LogP contribution in [0.5, 0.6) is 0 Å². The number of benzene rings is 1. The van der Waals surface area contributed by atoms with E-state index in [0.29, 0.717) is 18.5 Å². The van der Waals surface area contributed by atoms with E-state index in [1.807, 2.05) is 35.2 Å². The van der Waals surface area contributed by atoms with Crippen molar-refractivity contribution in [2.75, 3.05) is 0 Å². The van der Waals surface area contributed by atoms with Crippen molar-refractivity contribution >= 4 is 11.9 Å². The number of nitrogens with zero attached hydrogens (tertiary/aromatic N) is 2. The lowest BCUT2D eigenvalue weighted by atomic mass is 9.98. The van der Waals surface area contributed by atoms with Gasteiger partial charge in [0.15, 0.2) is 6.10 Å². The van der Waals surface area contributed by atoms with E-state index in [-0.39, 0.29) is 11.9 Å². The van der Waals surface area contributed by atoms with Crippen molar-refractivity contribution in [3.05, 3.63) is 65.5 Å². The quantitative estimate of drug-likeness (QED) is 0.811. The number of rotatable bonds is 4. The molecular weight excluding hydrogens is 304 g/mol. The molecule has 1 aromatic carbocycles. The van der Waals surface area contributed by atoms with Crippen molar-refractivity contribution in [2.45, 2.75) is 38.0 Å². The molecule has 2 heterocycles. The maximum absolute atomic E-state index is 13.0. The van der Waals surface area contributed by atoms with Crippen LogP contribution in [0.1, 0.15) is 34.3 Å². The molecule has 0 bridgehead atoms. The summed E-state index contributed by atoms with van der Waals surface area (Å²) in [5, 5.41) is 0. The van der Waals surface area contributed by atoms with Crippen molar-refractivity contribution in [1.29, 1.82) is 0 Å². The SMILES string of the molecule is O=C1OC(C(=O)N(Cc2ccncc2)C2CC2)Cc2ccccc21. The zero-order chi connectivity index (χ0) is 16.5. The van der Waals surface area contributed by atoms with E-state index in [2.05, 4.69) is 4.98 Å². The van der Waals surface area contributed by atoms with Gasteiger partial charge in [-0.2, -0.15) is 0 Å². The summed E-state index contributed by atoms with van der Waals surface area (Å²) in [6, 6.07) is 11.4. The fourth-order valence-electron chi connectivity index (χ4n) is 3.11. The van der Waals surface area contributed by atoms with Gasteiger partial charge in [0.25, 0.3) is 5.91 Å². The lowest BCUT2D eigenvalue weighted by Gasteiger charge is -2.30. The van der Waals surface area contributed by atoms with Crippen LogP contribution in [0.15, 0.2) is 48.8 Å². The Morgan fingerprint density at radius 2 is 1.92 bits per heavy atom. The Hall–Kier alpha value is -2.69. The van der Waals surface area contributed by atoms with Crippen molar-refractivity contribution < 1.29 is 14.3 Å². The van der Waals surface area contributed by atoms with Crippen LogP contribution in [0, 0.1) is 0 Å². The third-order valence-corrected chi connectivity index (χ3v) is 4.54. The molecule has 1 aliphatic heterocycles. The smallest absolute Gasteiger partial charge is 0.339 e. The highest BCUT2D eigenvalue weighted by atomic mass is 16.5. The van der Waals surface area contributed by atoms with Crippen LogP contribution in [0.4, 0.5) is 0 Å². The summed E-state index contributed by atoms with van der Waals surface area (Å²) in [6.07, 6.45) is 5.18. The highest BCUT2D eigenvalue weighted by molar-refractivity contribution is 5.95. The Bertz CT molecular complexity index is 771. The molecule has 1 atom stereocenters. The number of carbonyl (C=O) groups is 2. The van der Waals surface area contributed by atoms with Crippen molar-refractivity contribution in [2.24, 2.45) is 0 Å². The lowest BCUT2D eigenvalue weighted by molar-refractivity contribution is -0.142. The molecule has 0 N–H and O–H groups in total. The summed E-state index contributed by atoms with van der Waals surface area (Å²) in [5.74, 6) is -0.507. The monoisotopic (exact) mass is 322 g/mol. The lowest BCUT2D eigenvalue weighted by Crippen LogP contribution is -2.45. The van der Waals surface area contributed by atoms with Gasteiger partial charge in [-0.05, 0) is 42.2 Å². The third-order valence-electron chi connectivity index (χ3n) is 4.54. The van der Waals surface area contributed by atoms with Gasteiger partial charge in [0.2, 0.25) is 0 Å². The number of esters is 1. The maximum Gasteiger partial charge on any atom is 0.339 e. The Morgan fingerprint density at radius 1 is 1.17 bits per heavy atom. The molecule has 0 spiro atoms. The summed E-state index contributed by atoms with van der Waals surface area (Å²) in [6.45, 7) is 0.529. The van der Waals surface area contributed by atoms with E-state index in [9.17, 15) is 9.59 Å². The normalized spacial score (nSPS) is 19.3. The highest BCUT2D eigenvalue weighted by Crippen LogP contribution is 2.31. The van der Waals surface area contributed by atoms with Crippen molar-refractivity contribution in [3.8, 4) is 0 Å². The molecule has 0 radical (unpaired) electrons. The zero-order valence-corrected chi connectivity index (χ0v) is 13.2.